The van der Waals surface area contributed by atoms with Crippen molar-refractivity contribution < 1.29 is 22.8 Å². The lowest BCUT2D eigenvalue weighted by Crippen LogP contribution is -2.19. The van der Waals surface area contributed by atoms with Crippen LogP contribution in [0.15, 0.2) is 23.0 Å². The summed E-state index contributed by atoms with van der Waals surface area (Å²) in [5.74, 6) is 0.740. The molecule has 1 atom stereocenters. The summed E-state index contributed by atoms with van der Waals surface area (Å²) in [6, 6.07) is 1.20. The summed E-state index contributed by atoms with van der Waals surface area (Å²) in [6.45, 7) is 1.80. The van der Waals surface area contributed by atoms with Gasteiger partial charge in [0, 0.05) is 18.0 Å². The monoisotopic (exact) mass is 261 g/mol. The van der Waals surface area contributed by atoms with Crippen molar-refractivity contribution in [3.63, 3.8) is 0 Å². The van der Waals surface area contributed by atoms with Gasteiger partial charge >= 0.3 is 6.18 Å². The van der Waals surface area contributed by atoms with Crippen LogP contribution >= 0.6 is 0 Å². The molecule has 0 aliphatic carbocycles. The Morgan fingerprint density at radius 3 is 2.78 bits per heavy atom. The highest BCUT2D eigenvalue weighted by molar-refractivity contribution is 5.15. The average Bonchev–Trinajstić information content (AvgIpc) is 2.86. The number of halogens is 3. The summed E-state index contributed by atoms with van der Waals surface area (Å²) in [5, 5.41) is 12.6. The van der Waals surface area contributed by atoms with Gasteiger partial charge in [-0.25, -0.2) is 0 Å². The van der Waals surface area contributed by atoms with Crippen LogP contribution in [0.4, 0.5) is 13.2 Å². The molecule has 0 bridgehead atoms. The van der Waals surface area contributed by atoms with Gasteiger partial charge in [0.1, 0.15) is 6.54 Å². The van der Waals surface area contributed by atoms with Crippen LogP contribution in [0.1, 0.15) is 23.4 Å². The summed E-state index contributed by atoms with van der Waals surface area (Å²) in [7, 11) is 0. The second-order valence-electron chi connectivity index (χ2n) is 3.80. The van der Waals surface area contributed by atoms with Gasteiger partial charge in [-0.1, -0.05) is 5.16 Å². The maximum atomic E-state index is 12.3. The summed E-state index contributed by atoms with van der Waals surface area (Å²) < 4.78 is 43.1. The molecule has 2 heterocycles. The van der Waals surface area contributed by atoms with E-state index in [2.05, 4.69) is 10.1 Å². The minimum absolute atomic E-state index is 0.158. The fourth-order valence-corrected chi connectivity index (χ4v) is 1.47. The minimum atomic E-state index is -4.67. The number of aromatic nitrogens is 3. The summed E-state index contributed by atoms with van der Waals surface area (Å²) in [6.07, 6.45) is -4.56. The Balaban J connectivity index is 2.11. The second kappa shape index (κ2) is 4.45. The van der Waals surface area contributed by atoms with Crippen molar-refractivity contribution >= 4 is 0 Å². The summed E-state index contributed by atoms with van der Waals surface area (Å²) >= 11 is 0. The fraction of sp³-hybridized carbons (Fsp3) is 0.400. The van der Waals surface area contributed by atoms with E-state index in [-0.39, 0.29) is 18.0 Å². The molecule has 8 heteroatoms. The zero-order chi connectivity index (χ0) is 13.3. The zero-order valence-corrected chi connectivity index (χ0v) is 9.35. The van der Waals surface area contributed by atoms with Gasteiger partial charge in [0.25, 0.3) is 0 Å². The molecule has 2 rings (SSSR count). The molecule has 0 saturated carbocycles. The molecule has 0 saturated heterocycles. The highest BCUT2D eigenvalue weighted by Crippen LogP contribution is 2.32. The Kier molecular flexibility index (Phi) is 3.12. The molecule has 0 fully saturated rings. The number of hydrogen-bond acceptors (Lipinski definition) is 4. The third kappa shape index (κ3) is 2.70. The van der Waals surface area contributed by atoms with Crippen molar-refractivity contribution in [1.82, 2.24) is 14.7 Å². The Morgan fingerprint density at radius 2 is 2.22 bits per heavy atom. The van der Waals surface area contributed by atoms with E-state index in [9.17, 15) is 13.2 Å². The predicted molar refractivity (Wildman–Crippen MR) is 53.6 cm³/mol. The Bertz CT molecular complexity index is 532. The molecule has 0 spiro atoms. The van der Waals surface area contributed by atoms with E-state index in [1.54, 1.807) is 6.92 Å². The van der Waals surface area contributed by atoms with E-state index in [0.717, 1.165) is 0 Å². The molecule has 18 heavy (non-hydrogen) atoms. The van der Waals surface area contributed by atoms with Gasteiger partial charge in [-0.2, -0.15) is 18.2 Å². The molecular weight excluding hydrogens is 251 g/mol. The van der Waals surface area contributed by atoms with Gasteiger partial charge in [0.05, 0.1) is 0 Å². The van der Waals surface area contributed by atoms with Crippen molar-refractivity contribution in [2.75, 3.05) is 0 Å². The Labute approximate surface area is 99.8 Å². The highest BCUT2D eigenvalue weighted by atomic mass is 19.4. The van der Waals surface area contributed by atoms with Crippen LogP contribution in [0.5, 0.6) is 0 Å². The first-order chi connectivity index (χ1) is 8.36. The molecule has 0 radical (unpaired) electrons. The van der Waals surface area contributed by atoms with Crippen LogP contribution in [0.25, 0.3) is 0 Å². The minimum Gasteiger partial charge on any atom is -0.379 e. The molecule has 98 valence electrons. The molecule has 2 aromatic heterocycles. The van der Waals surface area contributed by atoms with Gasteiger partial charge < -0.3 is 14.2 Å². The average molecular weight is 261 g/mol. The smallest absolute Gasteiger partial charge is 0.379 e. The van der Waals surface area contributed by atoms with Gasteiger partial charge in [0.15, 0.2) is 11.9 Å². The maximum Gasteiger partial charge on any atom is 0.418 e. The second-order valence-corrected chi connectivity index (χ2v) is 3.80. The normalized spacial score (nSPS) is 13.8. The maximum absolute atomic E-state index is 12.3. The first-order valence-electron chi connectivity index (χ1n) is 5.06. The van der Waals surface area contributed by atoms with Crippen LogP contribution < -0.4 is 0 Å². The predicted octanol–water partition coefficient (Wildman–Crippen LogP) is 1.82. The van der Waals surface area contributed by atoms with Gasteiger partial charge in [-0.3, -0.25) is 0 Å². The molecular formula is C10H10F3N3O2. The van der Waals surface area contributed by atoms with Crippen LogP contribution in [-0.4, -0.2) is 26.0 Å². The number of aliphatic hydroxyl groups is 1. The third-order valence-electron chi connectivity index (χ3n) is 2.29. The van der Waals surface area contributed by atoms with Crippen molar-refractivity contribution in [1.29, 1.82) is 0 Å². The fourth-order valence-electron chi connectivity index (χ4n) is 1.47. The number of rotatable bonds is 3. The molecule has 5 nitrogen and oxygen atoms in total. The van der Waals surface area contributed by atoms with E-state index in [1.165, 1.54) is 23.0 Å². The molecule has 0 aliphatic heterocycles. The number of aliphatic hydroxyl groups excluding tert-OH is 1. The first kappa shape index (κ1) is 12.6. The van der Waals surface area contributed by atoms with Crippen LogP contribution in [0.2, 0.25) is 0 Å². The largest absolute Gasteiger partial charge is 0.418 e. The van der Waals surface area contributed by atoms with E-state index < -0.39 is 12.3 Å². The van der Waals surface area contributed by atoms with E-state index in [1.807, 2.05) is 0 Å². The topological polar surface area (TPSA) is 64.1 Å². The van der Waals surface area contributed by atoms with Gasteiger partial charge in [-0.05, 0) is 13.0 Å². The third-order valence-corrected chi connectivity index (χ3v) is 2.29. The molecule has 1 unspecified atom stereocenters. The van der Waals surface area contributed by atoms with Crippen LogP contribution in [0, 0.1) is 6.92 Å². The lowest BCUT2D eigenvalue weighted by molar-refractivity contribution is -0.206. The number of alkyl halides is 3. The van der Waals surface area contributed by atoms with Crippen LogP contribution in [0.3, 0.4) is 0 Å². The van der Waals surface area contributed by atoms with Crippen molar-refractivity contribution in [2.24, 2.45) is 0 Å². The lowest BCUT2D eigenvalue weighted by atomic mass is 10.2. The zero-order valence-electron chi connectivity index (χ0n) is 9.35. The quantitative estimate of drug-likeness (QED) is 0.915. The van der Waals surface area contributed by atoms with Gasteiger partial charge in [0.2, 0.25) is 5.89 Å². The number of aryl methyl sites for hydroxylation is 1. The van der Waals surface area contributed by atoms with Gasteiger partial charge in [-0.15, -0.1) is 0 Å². The molecule has 2 aromatic rings. The van der Waals surface area contributed by atoms with Crippen molar-refractivity contribution in [3.8, 4) is 0 Å². The standard InChI is InChI=1S/C10H10F3N3O2/c1-6-14-8(18-15-6)5-16-3-2-7(4-16)9(17)10(11,12)13/h2-4,9,17H,5H2,1H3. The van der Waals surface area contributed by atoms with E-state index >= 15 is 0 Å². The van der Waals surface area contributed by atoms with E-state index in [0.29, 0.717) is 5.82 Å². The lowest BCUT2D eigenvalue weighted by Gasteiger charge is -2.12. The SMILES string of the molecule is Cc1noc(Cn2ccc(C(O)C(F)(F)F)c2)n1. The van der Waals surface area contributed by atoms with E-state index in [4.69, 9.17) is 9.63 Å². The van der Waals surface area contributed by atoms with Crippen molar-refractivity contribution in [3.05, 3.63) is 35.7 Å². The molecule has 0 aliphatic rings. The molecule has 1 N–H and O–H groups in total. The Morgan fingerprint density at radius 1 is 1.50 bits per heavy atom. The Hall–Kier alpha value is -1.83. The molecule has 0 aromatic carbocycles. The van der Waals surface area contributed by atoms with Crippen molar-refractivity contribution in [2.45, 2.75) is 25.7 Å². The number of hydrogen-bond donors (Lipinski definition) is 1. The highest BCUT2D eigenvalue weighted by Gasteiger charge is 2.39. The van der Waals surface area contributed by atoms with Crippen LogP contribution in [-0.2, 0) is 6.54 Å². The number of nitrogens with zero attached hydrogens (tertiary/aromatic N) is 3. The summed E-state index contributed by atoms with van der Waals surface area (Å²) in [5.41, 5.74) is -0.223. The molecule has 0 amide bonds. The first-order valence-corrected chi connectivity index (χ1v) is 5.06. The summed E-state index contributed by atoms with van der Waals surface area (Å²) in [4.78, 5) is 3.93.